The van der Waals surface area contributed by atoms with Gasteiger partial charge in [-0.05, 0) is 73.1 Å². The Morgan fingerprint density at radius 1 is 1.26 bits per heavy atom. The molecule has 4 fully saturated rings. The van der Waals surface area contributed by atoms with E-state index in [-0.39, 0.29) is 5.91 Å². The molecule has 1 amide bonds. The zero-order chi connectivity index (χ0) is 18.4. The van der Waals surface area contributed by atoms with Crippen molar-refractivity contribution in [2.24, 2.45) is 30.2 Å². The summed E-state index contributed by atoms with van der Waals surface area (Å²) in [5.74, 6) is 4.17. The normalized spacial score (nSPS) is 31.4. The van der Waals surface area contributed by atoms with Gasteiger partial charge in [0, 0.05) is 13.6 Å². The first-order valence-electron chi connectivity index (χ1n) is 9.93. The molecule has 0 atom stereocenters. The lowest BCUT2D eigenvalue weighted by molar-refractivity contribution is -0.120. The van der Waals surface area contributed by atoms with Crippen molar-refractivity contribution in [3.8, 4) is 10.7 Å². The monoisotopic (exact) mass is 402 g/mol. The molecule has 4 bridgehead atoms. The zero-order valence-corrected chi connectivity index (χ0v) is 17.3. The number of hydrogen-bond donors (Lipinski definition) is 1. The van der Waals surface area contributed by atoms with Crippen LogP contribution in [0.15, 0.2) is 22.7 Å². The predicted octanol–water partition coefficient (Wildman–Crippen LogP) is 3.97. The van der Waals surface area contributed by atoms with Crippen LogP contribution in [0, 0.1) is 23.2 Å². The lowest BCUT2D eigenvalue weighted by atomic mass is 9.49. The molecule has 0 spiro atoms. The van der Waals surface area contributed by atoms with Gasteiger partial charge in [0.1, 0.15) is 0 Å². The highest BCUT2D eigenvalue weighted by Gasteiger charge is 2.50. The van der Waals surface area contributed by atoms with E-state index < -0.39 is 0 Å². The third-order valence-corrected chi connectivity index (χ3v) is 8.62. The summed E-state index contributed by atoms with van der Waals surface area (Å²) in [6.45, 7) is 0.870. The molecular weight excluding hydrogens is 376 g/mol. The number of thioether (sulfide) groups is 1. The minimum Gasteiger partial charge on any atom is -0.355 e. The van der Waals surface area contributed by atoms with Gasteiger partial charge in [0.15, 0.2) is 11.0 Å². The van der Waals surface area contributed by atoms with Gasteiger partial charge in [0.05, 0.1) is 10.6 Å². The average molecular weight is 403 g/mol. The van der Waals surface area contributed by atoms with E-state index in [1.807, 2.05) is 29.1 Å². The van der Waals surface area contributed by atoms with E-state index in [9.17, 15) is 4.79 Å². The Bertz CT molecular complexity index is 794. The molecule has 144 valence electrons. The van der Waals surface area contributed by atoms with Crippen molar-refractivity contribution in [2.45, 2.75) is 43.7 Å². The molecule has 0 saturated heterocycles. The molecule has 0 unspecified atom stereocenters. The molecule has 5 nitrogen and oxygen atoms in total. The largest absolute Gasteiger partial charge is 0.355 e. The molecule has 0 aliphatic heterocycles. The van der Waals surface area contributed by atoms with Gasteiger partial charge in [-0.3, -0.25) is 4.79 Å². The van der Waals surface area contributed by atoms with E-state index in [1.165, 1.54) is 50.3 Å². The molecular formula is C20H26N4OS2. The highest BCUT2D eigenvalue weighted by atomic mass is 32.2. The van der Waals surface area contributed by atoms with Gasteiger partial charge in [0.2, 0.25) is 5.91 Å². The number of thiophene rings is 1. The second kappa shape index (κ2) is 6.92. The van der Waals surface area contributed by atoms with Gasteiger partial charge in [-0.15, -0.1) is 21.5 Å². The Hall–Kier alpha value is -1.34. The molecule has 1 N–H and O–H groups in total. The summed E-state index contributed by atoms with van der Waals surface area (Å²) < 4.78 is 1.98. The van der Waals surface area contributed by atoms with Crippen LogP contribution in [-0.2, 0) is 11.8 Å². The average Bonchev–Trinajstić information content (AvgIpc) is 3.27. The number of carbonyl (C=O) groups excluding carboxylic acids is 1. The maximum absolute atomic E-state index is 12.5. The molecule has 27 heavy (non-hydrogen) atoms. The van der Waals surface area contributed by atoms with Crippen molar-refractivity contribution in [1.29, 1.82) is 0 Å². The van der Waals surface area contributed by atoms with Gasteiger partial charge < -0.3 is 9.88 Å². The van der Waals surface area contributed by atoms with Crippen molar-refractivity contribution in [2.75, 3.05) is 12.3 Å². The third-order valence-electron chi connectivity index (χ3n) is 6.73. The minimum absolute atomic E-state index is 0.122. The molecule has 4 saturated carbocycles. The fraction of sp³-hybridized carbons (Fsp3) is 0.650. The third kappa shape index (κ3) is 3.44. The quantitative estimate of drug-likeness (QED) is 0.743. The fourth-order valence-electron chi connectivity index (χ4n) is 6.03. The molecule has 0 aromatic carbocycles. The molecule has 4 aliphatic rings. The molecule has 4 aliphatic carbocycles. The molecule has 6 rings (SSSR count). The molecule has 2 heterocycles. The Labute approximate surface area is 168 Å². The van der Waals surface area contributed by atoms with Crippen LogP contribution in [0.1, 0.15) is 38.5 Å². The van der Waals surface area contributed by atoms with E-state index in [1.54, 1.807) is 11.3 Å². The van der Waals surface area contributed by atoms with Gasteiger partial charge >= 0.3 is 0 Å². The van der Waals surface area contributed by atoms with Gasteiger partial charge in [0.25, 0.3) is 0 Å². The Morgan fingerprint density at radius 2 is 1.96 bits per heavy atom. The van der Waals surface area contributed by atoms with Crippen molar-refractivity contribution in [3.05, 3.63) is 17.5 Å². The summed E-state index contributed by atoms with van der Waals surface area (Å²) in [7, 11) is 1.96. The summed E-state index contributed by atoms with van der Waals surface area (Å²) in [6, 6.07) is 4.06. The maximum atomic E-state index is 12.5. The molecule has 2 aromatic heterocycles. The van der Waals surface area contributed by atoms with E-state index in [4.69, 9.17) is 0 Å². The van der Waals surface area contributed by atoms with Crippen molar-refractivity contribution in [3.63, 3.8) is 0 Å². The zero-order valence-electron chi connectivity index (χ0n) is 15.7. The number of aromatic nitrogens is 3. The maximum Gasteiger partial charge on any atom is 0.230 e. The minimum atomic E-state index is 0.122. The Morgan fingerprint density at radius 3 is 2.59 bits per heavy atom. The van der Waals surface area contributed by atoms with Crippen LogP contribution in [0.5, 0.6) is 0 Å². The van der Waals surface area contributed by atoms with Crippen molar-refractivity contribution < 1.29 is 4.79 Å². The summed E-state index contributed by atoms with van der Waals surface area (Å²) in [5, 5.41) is 14.6. The van der Waals surface area contributed by atoms with Gasteiger partial charge in [-0.2, -0.15) is 0 Å². The highest BCUT2D eigenvalue weighted by molar-refractivity contribution is 7.99. The first-order chi connectivity index (χ1) is 13.1. The number of nitrogens with one attached hydrogen (secondary N) is 1. The van der Waals surface area contributed by atoms with Gasteiger partial charge in [-0.1, -0.05) is 17.8 Å². The first kappa shape index (κ1) is 17.7. The van der Waals surface area contributed by atoms with E-state index in [0.717, 1.165) is 40.2 Å². The Balaban J connectivity index is 1.16. The number of rotatable bonds is 6. The standard InChI is InChI=1S/C20H26N4OS2/c1-24-18(16-3-2-4-26-16)22-23-19(24)27-11-17(25)21-12-20-8-13-5-14(9-20)7-15(6-13)10-20/h2-4,13-15H,5-12H2,1H3,(H,21,25). The SMILES string of the molecule is Cn1c(SCC(=O)NCC23CC4CC(CC(C4)C2)C3)nnc1-c1cccs1. The number of carbonyl (C=O) groups is 1. The first-order valence-corrected chi connectivity index (χ1v) is 11.8. The van der Waals surface area contributed by atoms with Crippen molar-refractivity contribution in [1.82, 2.24) is 20.1 Å². The topological polar surface area (TPSA) is 59.8 Å². The smallest absolute Gasteiger partial charge is 0.230 e. The summed E-state index contributed by atoms with van der Waals surface area (Å²) >= 11 is 3.12. The van der Waals surface area contributed by atoms with E-state index >= 15 is 0 Å². The van der Waals surface area contributed by atoms with Gasteiger partial charge in [-0.25, -0.2) is 0 Å². The van der Waals surface area contributed by atoms with E-state index in [0.29, 0.717) is 11.2 Å². The van der Waals surface area contributed by atoms with Crippen LogP contribution < -0.4 is 5.32 Å². The summed E-state index contributed by atoms with van der Waals surface area (Å²) in [6.07, 6.45) is 8.34. The fourth-order valence-corrected chi connectivity index (χ4v) is 7.52. The highest BCUT2D eigenvalue weighted by Crippen LogP contribution is 2.59. The molecule has 2 aromatic rings. The second-order valence-corrected chi connectivity index (χ2v) is 10.7. The summed E-state index contributed by atoms with van der Waals surface area (Å²) in [4.78, 5) is 13.6. The number of hydrogen-bond acceptors (Lipinski definition) is 5. The number of nitrogens with zero attached hydrogens (tertiary/aromatic N) is 3. The van der Waals surface area contributed by atoms with Crippen LogP contribution in [0.25, 0.3) is 10.7 Å². The van der Waals surface area contributed by atoms with Crippen molar-refractivity contribution >= 4 is 29.0 Å². The lowest BCUT2D eigenvalue weighted by Crippen LogP contribution is -2.51. The molecule has 7 heteroatoms. The van der Waals surface area contributed by atoms with Crippen LogP contribution in [0.4, 0.5) is 0 Å². The summed E-state index contributed by atoms with van der Waals surface area (Å²) in [5.41, 5.74) is 0.395. The van der Waals surface area contributed by atoms with Crippen LogP contribution >= 0.6 is 23.1 Å². The van der Waals surface area contributed by atoms with Crippen LogP contribution in [0.2, 0.25) is 0 Å². The van der Waals surface area contributed by atoms with Crippen LogP contribution in [0.3, 0.4) is 0 Å². The van der Waals surface area contributed by atoms with Crippen LogP contribution in [-0.4, -0.2) is 33.0 Å². The second-order valence-electron chi connectivity index (χ2n) is 8.83. The number of amides is 1. The van der Waals surface area contributed by atoms with E-state index in [2.05, 4.69) is 15.5 Å². The molecule has 0 radical (unpaired) electrons. The Kier molecular flexibility index (Phi) is 4.55. The predicted molar refractivity (Wildman–Crippen MR) is 109 cm³/mol. The lowest BCUT2D eigenvalue weighted by Gasteiger charge is -2.56.